The fourth-order valence-corrected chi connectivity index (χ4v) is 1.11. The summed E-state index contributed by atoms with van der Waals surface area (Å²) in [5.41, 5.74) is 0.134. The molecular formula is C7H3BrN2O2. The first kappa shape index (κ1) is 8.68. The first-order valence-electron chi connectivity index (χ1n) is 2.94. The van der Waals surface area contributed by atoms with Crippen LogP contribution in [0.3, 0.4) is 0 Å². The first-order chi connectivity index (χ1) is 5.63. The molecule has 1 heterocycles. The van der Waals surface area contributed by atoms with E-state index in [-0.39, 0.29) is 11.3 Å². The number of carbonyl (C=O) groups is 1. The highest BCUT2D eigenvalue weighted by molar-refractivity contribution is 9.10. The lowest BCUT2D eigenvalue weighted by atomic mass is 10.2. The summed E-state index contributed by atoms with van der Waals surface area (Å²) >= 11 is 3.00. The maximum absolute atomic E-state index is 10.4. The van der Waals surface area contributed by atoms with Crippen molar-refractivity contribution in [3.05, 3.63) is 28.0 Å². The quantitative estimate of drug-likeness (QED) is 0.736. The summed E-state index contributed by atoms with van der Waals surface area (Å²) in [6, 6.07) is 4.50. The molecule has 0 unspecified atom stereocenters. The number of carboxylic acid groups (broad SMARTS) is 1. The van der Waals surface area contributed by atoms with E-state index in [1.807, 2.05) is 6.07 Å². The number of pyridine rings is 1. The minimum Gasteiger partial charge on any atom is -0.477 e. The van der Waals surface area contributed by atoms with Crippen LogP contribution in [0.2, 0.25) is 0 Å². The minimum atomic E-state index is -1.15. The molecule has 0 aliphatic heterocycles. The van der Waals surface area contributed by atoms with Crippen molar-refractivity contribution in [1.29, 1.82) is 5.26 Å². The molecule has 0 saturated heterocycles. The highest BCUT2D eigenvalue weighted by Gasteiger charge is 2.06. The summed E-state index contributed by atoms with van der Waals surface area (Å²) in [5.74, 6) is -1.15. The number of rotatable bonds is 1. The molecule has 0 amide bonds. The van der Waals surface area contributed by atoms with Gasteiger partial charge in [-0.15, -0.1) is 0 Å². The number of hydrogen-bond acceptors (Lipinski definition) is 3. The van der Waals surface area contributed by atoms with E-state index in [2.05, 4.69) is 20.9 Å². The molecule has 1 N–H and O–H groups in total. The fraction of sp³-hybridized carbons (Fsp3) is 0. The highest BCUT2D eigenvalue weighted by Crippen LogP contribution is 2.10. The Morgan fingerprint density at radius 1 is 1.67 bits per heavy atom. The summed E-state index contributed by atoms with van der Waals surface area (Å²) in [6.45, 7) is 0. The Bertz CT molecular complexity index is 370. The van der Waals surface area contributed by atoms with Crippen molar-refractivity contribution in [1.82, 2.24) is 4.98 Å². The molecule has 0 saturated carbocycles. The van der Waals surface area contributed by atoms with Crippen molar-refractivity contribution in [2.75, 3.05) is 0 Å². The number of aromatic carboxylic acids is 1. The van der Waals surface area contributed by atoms with E-state index in [1.165, 1.54) is 12.1 Å². The van der Waals surface area contributed by atoms with Crippen molar-refractivity contribution in [3.8, 4) is 6.07 Å². The zero-order chi connectivity index (χ0) is 9.14. The second kappa shape index (κ2) is 3.32. The molecule has 0 atom stereocenters. The van der Waals surface area contributed by atoms with E-state index in [0.29, 0.717) is 4.60 Å². The SMILES string of the molecule is N#Cc1cc(Br)nc(C(=O)O)c1. The van der Waals surface area contributed by atoms with Gasteiger partial charge in [0.25, 0.3) is 0 Å². The van der Waals surface area contributed by atoms with Crippen LogP contribution < -0.4 is 0 Å². The molecule has 1 aromatic heterocycles. The van der Waals surface area contributed by atoms with Crippen LogP contribution in [0.1, 0.15) is 16.1 Å². The topological polar surface area (TPSA) is 74.0 Å². The van der Waals surface area contributed by atoms with Crippen molar-refractivity contribution < 1.29 is 9.90 Å². The summed E-state index contributed by atoms with van der Waals surface area (Å²) in [6.07, 6.45) is 0. The molecule has 4 nitrogen and oxygen atoms in total. The van der Waals surface area contributed by atoms with Crippen LogP contribution in [0.5, 0.6) is 0 Å². The number of nitriles is 1. The highest BCUT2D eigenvalue weighted by atomic mass is 79.9. The monoisotopic (exact) mass is 226 g/mol. The van der Waals surface area contributed by atoms with Crippen LogP contribution in [0.4, 0.5) is 0 Å². The molecule has 0 spiro atoms. The van der Waals surface area contributed by atoms with Gasteiger partial charge in [0.2, 0.25) is 0 Å². The van der Waals surface area contributed by atoms with E-state index in [1.54, 1.807) is 0 Å². The van der Waals surface area contributed by atoms with E-state index in [0.717, 1.165) is 0 Å². The summed E-state index contributed by atoms with van der Waals surface area (Å²) in [7, 11) is 0. The normalized spacial score (nSPS) is 9.00. The zero-order valence-electron chi connectivity index (χ0n) is 5.78. The Morgan fingerprint density at radius 2 is 2.33 bits per heavy atom. The van der Waals surface area contributed by atoms with Crippen molar-refractivity contribution in [3.63, 3.8) is 0 Å². The lowest BCUT2D eigenvalue weighted by molar-refractivity contribution is 0.0690. The van der Waals surface area contributed by atoms with E-state index >= 15 is 0 Å². The zero-order valence-corrected chi connectivity index (χ0v) is 7.37. The van der Waals surface area contributed by atoms with Crippen LogP contribution in [-0.2, 0) is 0 Å². The van der Waals surface area contributed by atoms with E-state index in [4.69, 9.17) is 10.4 Å². The Hall–Kier alpha value is -1.41. The smallest absolute Gasteiger partial charge is 0.354 e. The summed E-state index contributed by atoms with van der Waals surface area (Å²) in [5, 5.41) is 17.0. The average Bonchev–Trinajstić information content (AvgIpc) is 2.03. The van der Waals surface area contributed by atoms with Crippen LogP contribution >= 0.6 is 15.9 Å². The predicted molar refractivity (Wildman–Crippen MR) is 43.6 cm³/mol. The van der Waals surface area contributed by atoms with Gasteiger partial charge in [-0.2, -0.15) is 5.26 Å². The third kappa shape index (κ3) is 1.80. The maximum atomic E-state index is 10.4. The van der Waals surface area contributed by atoms with Gasteiger partial charge in [-0.05, 0) is 28.1 Å². The third-order valence-electron chi connectivity index (χ3n) is 1.14. The number of halogens is 1. The van der Waals surface area contributed by atoms with Gasteiger partial charge in [-0.3, -0.25) is 0 Å². The van der Waals surface area contributed by atoms with Crippen LogP contribution in [-0.4, -0.2) is 16.1 Å². The molecule has 60 valence electrons. The van der Waals surface area contributed by atoms with E-state index in [9.17, 15) is 4.79 Å². The maximum Gasteiger partial charge on any atom is 0.354 e. The van der Waals surface area contributed by atoms with Gasteiger partial charge in [0, 0.05) is 0 Å². The molecule has 1 rings (SSSR count). The molecule has 0 fully saturated rings. The largest absolute Gasteiger partial charge is 0.477 e. The van der Waals surface area contributed by atoms with Gasteiger partial charge in [0.1, 0.15) is 4.60 Å². The van der Waals surface area contributed by atoms with E-state index < -0.39 is 5.97 Å². The Labute approximate surface area is 76.6 Å². The molecular weight excluding hydrogens is 224 g/mol. The molecule has 0 aliphatic carbocycles. The third-order valence-corrected chi connectivity index (χ3v) is 1.55. The van der Waals surface area contributed by atoms with Gasteiger partial charge >= 0.3 is 5.97 Å². The average molecular weight is 227 g/mol. The number of nitrogens with zero attached hydrogens (tertiary/aromatic N) is 2. The van der Waals surface area contributed by atoms with Gasteiger partial charge in [-0.25, -0.2) is 9.78 Å². The molecule has 0 radical (unpaired) electrons. The molecule has 0 bridgehead atoms. The second-order valence-corrected chi connectivity index (χ2v) is 2.79. The standard InChI is InChI=1S/C7H3BrN2O2/c8-6-2-4(3-9)1-5(10-6)7(11)12/h1-2H,(H,11,12). The summed E-state index contributed by atoms with van der Waals surface area (Å²) in [4.78, 5) is 14.1. The number of hydrogen-bond donors (Lipinski definition) is 1. The molecule has 12 heavy (non-hydrogen) atoms. The van der Waals surface area contributed by atoms with Gasteiger partial charge in [0.05, 0.1) is 11.6 Å². The Morgan fingerprint density at radius 3 is 2.83 bits per heavy atom. The second-order valence-electron chi connectivity index (χ2n) is 1.98. The molecule has 1 aromatic rings. The van der Waals surface area contributed by atoms with Crippen LogP contribution in [0.25, 0.3) is 0 Å². The summed E-state index contributed by atoms with van der Waals surface area (Å²) < 4.78 is 0.346. The fourth-order valence-electron chi connectivity index (χ4n) is 0.671. The molecule has 0 aliphatic rings. The lowest BCUT2D eigenvalue weighted by Crippen LogP contribution is -2.00. The molecule has 5 heteroatoms. The van der Waals surface area contributed by atoms with Crippen LogP contribution in [0.15, 0.2) is 16.7 Å². The van der Waals surface area contributed by atoms with Crippen molar-refractivity contribution in [2.24, 2.45) is 0 Å². The van der Waals surface area contributed by atoms with Gasteiger partial charge in [0.15, 0.2) is 5.69 Å². The lowest BCUT2D eigenvalue weighted by Gasteiger charge is -1.94. The van der Waals surface area contributed by atoms with Gasteiger partial charge < -0.3 is 5.11 Å². The Balaban J connectivity index is 3.26. The van der Waals surface area contributed by atoms with Crippen molar-refractivity contribution >= 4 is 21.9 Å². The number of carboxylic acids is 1. The van der Waals surface area contributed by atoms with Gasteiger partial charge in [-0.1, -0.05) is 0 Å². The first-order valence-corrected chi connectivity index (χ1v) is 3.74. The Kier molecular flexibility index (Phi) is 2.41. The number of aromatic nitrogens is 1. The van der Waals surface area contributed by atoms with Crippen LogP contribution in [0, 0.1) is 11.3 Å². The van der Waals surface area contributed by atoms with Crippen molar-refractivity contribution in [2.45, 2.75) is 0 Å². The predicted octanol–water partition coefficient (Wildman–Crippen LogP) is 1.41. The molecule has 0 aromatic carbocycles. The minimum absolute atomic E-state index is 0.138.